The second-order valence-electron chi connectivity index (χ2n) is 3.19. The molecule has 0 bridgehead atoms. The van der Waals surface area contributed by atoms with Gasteiger partial charge in [-0.3, -0.25) is 19.7 Å². The fourth-order valence-electron chi connectivity index (χ4n) is 1.31. The van der Waals surface area contributed by atoms with Crippen molar-refractivity contribution in [1.82, 2.24) is 0 Å². The molecule has 0 heterocycles. The molecule has 0 fully saturated rings. The van der Waals surface area contributed by atoms with E-state index in [0.29, 0.717) is 6.07 Å². The Kier molecular flexibility index (Phi) is 3.35. The number of halogens is 3. The molecule has 18 heavy (non-hydrogen) atoms. The summed E-state index contributed by atoms with van der Waals surface area (Å²) in [4.78, 5) is 30.8. The molecule has 1 aromatic rings. The van der Waals surface area contributed by atoms with Crippen molar-refractivity contribution in [2.24, 2.45) is 5.73 Å². The van der Waals surface area contributed by atoms with Crippen LogP contribution in [0.3, 0.4) is 0 Å². The van der Waals surface area contributed by atoms with Gasteiger partial charge in [-0.15, -0.1) is 0 Å². The highest BCUT2D eigenvalue weighted by Gasteiger charge is 2.37. The Morgan fingerprint density at radius 3 is 2.28 bits per heavy atom. The Bertz CT molecular complexity index is 539. The first-order valence-electron chi connectivity index (χ1n) is 4.33. The number of aldehydes is 1. The van der Waals surface area contributed by atoms with Crippen molar-refractivity contribution >= 4 is 17.9 Å². The number of carbonyl (C=O) groups is 2. The minimum atomic E-state index is -5.01. The number of hydrogen-bond acceptors (Lipinski definition) is 4. The van der Waals surface area contributed by atoms with E-state index in [1.54, 1.807) is 0 Å². The van der Waals surface area contributed by atoms with Crippen LogP contribution in [0.1, 0.15) is 26.3 Å². The van der Waals surface area contributed by atoms with Crippen molar-refractivity contribution in [3.05, 3.63) is 38.9 Å². The summed E-state index contributed by atoms with van der Waals surface area (Å²) in [6.07, 6.45) is -5.22. The molecule has 1 amide bonds. The van der Waals surface area contributed by atoms with Crippen LogP contribution in [-0.2, 0) is 6.18 Å². The number of nitrogens with zero attached hydrogens (tertiary/aromatic N) is 1. The van der Waals surface area contributed by atoms with Crippen LogP contribution in [-0.4, -0.2) is 17.1 Å². The number of carbonyl (C=O) groups excluding carboxylic acids is 2. The monoisotopic (exact) mass is 262 g/mol. The molecule has 1 rings (SSSR count). The molecule has 0 atom stereocenters. The average molecular weight is 262 g/mol. The first kappa shape index (κ1) is 13.6. The number of non-ortho nitro benzene ring substituents is 1. The molecule has 0 aliphatic heterocycles. The molecule has 0 spiro atoms. The van der Waals surface area contributed by atoms with Gasteiger partial charge in [-0.2, -0.15) is 13.2 Å². The second kappa shape index (κ2) is 4.43. The van der Waals surface area contributed by atoms with Crippen molar-refractivity contribution in [3.8, 4) is 0 Å². The predicted octanol–water partition coefficient (Wildman–Crippen LogP) is 1.52. The number of benzene rings is 1. The highest BCUT2D eigenvalue weighted by molar-refractivity contribution is 6.02. The molecule has 96 valence electrons. The van der Waals surface area contributed by atoms with E-state index in [1.807, 2.05) is 0 Å². The number of nitro groups is 1. The predicted molar refractivity (Wildman–Crippen MR) is 52.0 cm³/mol. The standard InChI is InChI=1S/C9H5F3N2O4/c10-9(11,12)7-2-4(14(17)18)1-5(8(13)16)6(7)3-15/h1-3H,(H2,13,16). The van der Waals surface area contributed by atoms with Crippen molar-refractivity contribution in [1.29, 1.82) is 0 Å². The first-order valence-corrected chi connectivity index (χ1v) is 4.33. The van der Waals surface area contributed by atoms with E-state index in [4.69, 9.17) is 5.73 Å². The minimum Gasteiger partial charge on any atom is -0.366 e. The van der Waals surface area contributed by atoms with E-state index in [2.05, 4.69) is 0 Å². The summed E-state index contributed by atoms with van der Waals surface area (Å²) in [5.41, 5.74) is 0.389. The van der Waals surface area contributed by atoms with Crippen LogP contribution in [0.5, 0.6) is 0 Å². The smallest absolute Gasteiger partial charge is 0.366 e. The van der Waals surface area contributed by atoms with E-state index in [9.17, 15) is 32.9 Å². The van der Waals surface area contributed by atoms with Gasteiger partial charge >= 0.3 is 6.18 Å². The minimum absolute atomic E-state index is 0.177. The van der Waals surface area contributed by atoms with Crippen molar-refractivity contribution in [2.45, 2.75) is 6.18 Å². The summed E-state index contributed by atoms with van der Waals surface area (Å²) in [6, 6.07) is 0.706. The van der Waals surface area contributed by atoms with Gasteiger partial charge in [0.25, 0.3) is 5.69 Å². The lowest BCUT2D eigenvalue weighted by Crippen LogP contribution is -2.19. The van der Waals surface area contributed by atoms with Crippen LogP contribution in [0.2, 0.25) is 0 Å². The van der Waals surface area contributed by atoms with Gasteiger partial charge in [-0.05, 0) is 0 Å². The summed E-state index contributed by atoms with van der Waals surface area (Å²) in [5, 5.41) is 10.5. The van der Waals surface area contributed by atoms with Crippen LogP contribution >= 0.6 is 0 Å². The quantitative estimate of drug-likeness (QED) is 0.506. The molecule has 0 saturated heterocycles. The van der Waals surface area contributed by atoms with Crippen LogP contribution in [0.15, 0.2) is 12.1 Å². The Hall–Kier alpha value is -2.45. The molecule has 0 aromatic heterocycles. The second-order valence-corrected chi connectivity index (χ2v) is 3.19. The Morgan fingerprint density at radius 2 is 1.94 bits per heavy atom. The van der Waals surface area contributed by atoms with Gasteiger partial charge in [0, 0.05) is 17.7 Å². The topological polar surface area (TPSA) is 103 Å². The number of alkyl halides is 3. The molecule has 9 heteroatoms. The summed E-state index contributed by atoms with van der Waals surface area (Å²) < 4.78 is 37.8. The molecule has 2 N–H and O–H groups in total. The lowest BCUT2D eigenvalue weighted by molar-refractivity contribution is -0.385. The molecule has 0 radical (unpaired) electrons. The van der Waals surface area contributed by atoms with Gasteiger partial charge in [0.1, 0.15) is 0 Å². The fourth-order valence-corrected chi connectivity index (χ4v) is 1.31. The molecule has 0 unspecified atom stereocenters. The van der Waals surface area contributed by atoms with Crippen LogP contribution < -0.4 is 5.73 Å². The van der Waals surface area contributed by atoms with Gasteiger partial charge in [-0.25, -0.2) is 0 Å². The number of rotatable bonds is 3. The fraction of sp³-hybridized carbons (Fsp3) is 0.111. The summed E-state index contributed by atoms with van der Waals surface area (Å²) in [5.74, 6) is -1.36. The van der Waals surface area contributed by atoms with Crippen LogP contribution in [0.25, 0.3) is 0 Å². The summed E-state index contributed by atoms with van der Waals surface area (Å²) >= 11 is 0. The van der Waals surface area contributed by atoms with Gasteiger partial charge in [0.15, 0.2) is 6.29 Å². The first-order chi connectivity index (χ1) is 8.18. The normalized spacial score (nSPS) is 11.1. The molecule has 1 aromatic carbocycles. The summed E-state index contributed by atoms with van der Waals surface area (Å²) in [6.45, 7) is 0. The van der Waals surface area contributed by atoms with Crippen LogP contribution in [0.4, 0.5) is 18.9 Å². The molecule has 0 saturated carbocycles. The zero-order valence-corrected chi connectivity index (χ0v) is 8.52. The van der Waals surface area contributed by atoms with E-state index < -0.39 is 39.4 Å². The largest absolute Gasteiger partial charge is 0.417 e. The zero-order chi connectivity index (χ0) is 14.1. The van der Waals surface area contributed by atoms with E-state index in [0.717, 1.165) is 0 Å². The molecule has 6 nitrogen and oxygen atoms in total. The lowest BCUT2D eigenvalue weighted by Gasteiger charge is -2.11. The third kappa shape index (κ3) is 2.44. The van der Waals surface area contributed by atoms with Crippen molar-refractivity contribution in [2.75, 3.05) is 0 Å². The van der Waals surface area contributed by atoms with E-state index in [1.165, 1.54) is 0 Å². The maximum Gasteiger partial charge on any atom is 0.417 e. The summed E-state index contributed by atoms with van der Waals surface area (Å²) in [7, 11) is 0. The number of amides is 1. The molecular weight excluding hydrogens is 257 g/mol. The SMILES string of the molecule is NC(=O)c1cc([N+](=O)[O-])cc(C(F)(F)F)c1C=O. The lowest BCUT2D eigenvalue weighted by atomic mass is 10.00. The van der Waals surface area contributed by atoms with Gasteiger partial charge < -0.3 is 5.73 Å². The Morgan fingerprint density at radius 1 is 1.39 bits per heavy atom. The maximum absolute atomic E-state index is 12.6. The van der Waals surface area contributed by atoms with Crippen molar-refractivity contribution in [3.63, 3.8) is 0 Å². The Labute approximate surface area is 97.3 Å². The number of primary amides is 1. The number of hydrogen-bond donors (Lipinski definition) is 1. The van der Waals surface area contributed by atoms with Crippen LogP contribution in [0, 0.1) is 10.1 Å². The number of nitrogens with two attached hydrogens (primary N) is 1. The third-order valence-corrected chi connectivity index (χ3v) is 2.06. The zero-order valence-electron chi connectivity index (χ0n) is 8.52. The number of nitro benzene ring substituents is 1. The van der Waals surface area contributed by atoms with E-state index in [-0.39, 0.29) is 12.4 Å². The molecule has 0 aliphatic rings. The Balaban J connectivity index is 3.72. The third-order valence-electron chi connectivity index (χ3n) is 2.06. The molecular formula is C9H5F3N2O4. The van der Waals surface area contributed by atoms with Gasteiger partial charge in [0.05, 0.1) is 16.1 Å². The molecule has 0 aliphatic carbocycles. The van der Waals surface area contributed by atoms with Gasteiger partial charge in [-0.1, -0.05) is 0 Å². The van der Waals surface area contributed by atoms with Gasteiger partial charge in [0.2, 0.25) is 5.91 Å². The highest BCUT2D eigenvalue weighted by Crippen LogP contribution is 2.35. The maximum atomic E-state index is 12.6. The highest BCUT2D eigenvalue weighted by atomic mass is 19.4. The van der Waals surface area contributed by atoms with Crippen molar-refractivity contribution < 1.29 is 27.7 Å². The van der Waals surface area contributed by atoms with E-state index >= 15 is 0 Å². The average Bonchev–Trinajstić information content (AvgIpc) is 2.25.